The van der Waals surface area contributed by atoms with Crippen molar-refractivity contribution in [1.29, 1.82) is 0 Å². The fourth-order valence-corrected chi connectivity index (χ4v) is 4.95. The number of hydrogen-bond donors (Lipinski definition) is 1. The molecule has 20 heavy (non-hydrogen) atoms. The third kappa shape index (κ3) is 2.16. The van der Waals surface area contributed by atoms with Gasteiger partial charge in [0, 0.05) is 40.1 Å². The molecule has 3 aliphatic heterocycles. The van der Waals surface area contributed by atoms with Crippen LogP contribution in [0.2, 0.25) is 5.02 Å². The molecule has 0 aliphatic carbocycles. The first-order valence-corrected chi connectivity index (χ1v) is 8.63. The molecule has 1 fully saturated rings. The van der Waals surface area contributed by atoms with Gasteiger partial charge < -0.3 is 10.1 Å². The first kappa shape index (κ1) is 13.1. The van der Waals surface area contributed by atoms with E-state index in [1.165, 1.54) is 24.1 Å². The lowest BCUT2D eigenvalue weighted by Crippen LogP contribution is -2.46. The third-order valence-corrected chi connectivity index (χ3v) is 6.01. The quantitative estimate of drug-likeness (QED) is 0.818. The van der Waals surface area contributed by atoms with Crippen molar-refractivity contribution in [3.63, 3.8) is 0 Å². The number of hydrogen-bond acceptors (Lipinski definition) is 3. The minimum atomic E-state index is 0.213. The lowest BCUT2D eigenvalue weighted by Gasteiger charge is -2.45. The molecule has 1 saturated heterocycles. The Balaban J connectivity index is 1.71. The second kappa shape index (κ2) is 5.28. The number of rotatable bonds is 1. The average molecular weight is 308 g/mol. The van der Waals surface area contributed by atoms with Crippen molar-refractivity contribution >= 4 is 29.1 Å². The summed E-state index contributed by atoms with van der Waals surface area (Å²) in [5.41, 5.74) is 2.45. The standard InChI is InChI=1S/C16H18ClNOS/c17-10-5-6-13-12(9-10)16-11(3-1-7-19-16)15(18-13)14-4-2-8-20-14/h2,5-6,8-9,11,14-16,18H,1,3-4,7H2/t11-,14?,15+,16-/m0/s1. The van der Waals surface area contributed by atoms with Crippen molar-refractivity contribution in [2.75, 3.05) is 11.9 Å². The van der Waals surface area contributed by atoms with Crippen molar-refractivity contribution < 1.29 is 4.74 Å². The Morgan fingerprint density at radius 1 is 1.35 bits per heavy atom. The molecule has 4 atom stereocenters. The van der Waals surface area contributed by atoms with Crippen molar-refractivity contribution in [2.24, 2.45) is 5.92 Å². The fourth-order valence-electron chi connectivity index (χ4n) is 3.68. The van der Waals surface area contributed by atoms with Crippen LogP contribution in [0.4, 0.5) is 5.69 Å². The molecule has 3 heterocycles. The monoisotopic (exact) mass is 307 g/mol. The molecule has 0 bridgehead atoms. The van der Waals surface area contributed by atoms with Gasteiger partial charge in [0.15, 0.2) is 0 Å². The molecule has 4 rings (SSSR count). The predicted octanol–water partition coefficient (Wildman–Crippen LogP) is 4.62. The molecule has 4 heteroatoms. The zero-order chi connectivity index (χ0) is 13.5. The van der Waals surface area contributed by atoms with Crippen molar-refractivity contribution in [3.8, 4) is 0 Å². The minimum absolute atomic E-state index is 0.213. The zero-order valence-electron chi connectivity index (χ0n) is 11.2. The zero-order valence-corrected chi connectivity index (χ0v) is 12.8. The molecule has 0 aromatic heterocycles. The van der Waals surface area contributed by atoms with Crippen LogP contribution in [-0.4, -0.2) is 17.9 Å². The Labute approximate surface area is 128 Å². The van der Waals surface area contributed by atoms with Crippen LogP contribution in [0, 0.1) is 5.92 Å². The van der Waals surface area contributed by atoms with Crippen LogP contribution in [0.15, 0.2) is 29.7 Å². The molecule has 0 amide bonds. The van der Waals surface area contributed by atoms with E-state index < -0.39 is 0 Å². The Morgan fingerprint density at radius 3 is 3.15 bits per heavy atom. The Morgan fingerprint density at radius 2 is 2.30 bits per heavy atom. The number of halogens is 1. The largest absolute Gasteiger partial charge is 0.380 e. The van der Waals surface area contributed by atoms with Crippen LogP contribution < -0.4 is 5.32 Å². The molecule has 106 valence electrons. The van der Waals surface area contributed by atoms with Crippen molar-refractivity contribution in [3.05, 3.63) is 40.3 Å². The van der Waals surface area contributed by atoms with E-state index in [4.69, 9.17) is 16.3 Å². The number of nitrogens with one attached hydrogen (secondary N) is 1. The summed E-state index contributed by atoms with van der Waals surface area (Å²) in [6, 6.07) is 6.64. The lowest BCUT2D eigenvalue weighted by molar-refractivity contribution is -0.0377. The highest BCUT2D eigenvalue weighted by Crippen LogP contribution is 2.47. The highest BCUT2D eigenvalue weighted by atomic mass is 35.5. The fraction of sp³-hybridized carbons (Fsp3) is 0.500. The molecule has 2 nitrogen and oxygen atoms in total. The van der Waals surface area contributed by atoms with Crippen LogP contribution in [0.5, 0.6) is 0 Å². The van der Waals surface area contributed by atoms with Crippen LogP contribution in [0.25, 0.3) is 0 Å². The van der Waals surface area contributed by atoms with Gasteiger partial charge in [0.2, 0.25) is 0 Å². The topological polar surface area (TPSA) is 21.3 Å². The predicted molar refractivity (Wildman–Crippen MR) is 85.4 cm³/mol. The second-order valence-electron chi connectivity index (χ2n) is 5.78. The summed E-state index contributed by atoms with van der Waals surface area (Å²) >= 11 is 8.13. The van der Waals surface area contributed by atoms with Gasteiger partial charge in [-0.25, -0.2) is 0 Å². The van der Waals surface area contributed by atoms with Crippen LogP contribution in [0.1, 0.15) is 30.9 Å². The first-order chi connectivity index (χ1) is 9.83. The minimum Gasteiger partial charge on any atom is -0.380 e. The number of anilines is 1. The Hall–Kier alpha value is -0.640. The molecule has 1 N–H and O–H groups in total. The highest BCUT2D eigenvalue weighted by Gasteiger charge is 2.42. The Bertz CT molecular complexity index is 539. The molecule has 1 aromatic carbocycles. The number of ether oxygens (including phenoxy) is 1. The number of benzene rings is 1. The molecule has 3 aliphatic rings. The van der Waals surface area contributed by atoms with E-state index in [0.29, 0.717) is 17.2 Å². The molecule has 0 spiro atoms. The summed E-state index contributed by atoms with van der Waals surface area (Å²) in [5.74, 6) is 0.562. The second-order valence-corrected chi connectivity index (χ2v) is 7.37. The molecular weight excluding hydrogens is 290 g/mol. The van der Waals surface area contributed by atoms with Crippen LogP contribution in [-0.2, 0) is 4.74 Å². The summed E-state index contributed by atoms with van der Waals surface area (Å²) in [4.78, 5) is 0. The van der Waals surface area contributed by atoms with Gasteiger partial charge in [-0.3, -0.25) is 0 Å². The molecule has 1 aromatic rings. The summed E-state index contributed by atoms with van der Waals surface area (Å²) in [6.07, 6.45) is 6.07. The van der Waals surface area contributed by atoms with Crippen molar-refractivity contribution in [1.82, 2.24) is 0 Å². The highest BCUT2D eigenvalue weighted by molar-refractivity contribution is 8.03. The lowest BCUT2D eigenvalue weighted by atomic mass is 9.78. The van der Waals surface area contributed by atoms with Gasteiger partial charge in [0.1, 0.15) is 0 Å². The molecule has 0 radical (unpaired) electrons. The van der Waals surface area contributed by atoms with E-state index in [-0.39, 0.29) is 6.10 Å². The molecular formula is C16H18ClNOS. The number of allylic oxidation sites excluding steroid dienone is 1. The van der Waals surface area contributed by atoms with Crippen LogP contribution in [0.3, 0.4) is 0 Å². The van der Waals surface area contributed by atoms with E-state index in [9.17, 15) is 0 Å². The first-order valence-electron chi connectivity index (χ1n) is 7.31. The van der Waals surface area contributed by atoms with E-state index in [1.807, 2.05) is 17.8 Å². The maximum absolute atomic E-state index is 6.17. The van der Waals surface area contributed by atoms with Gasteiger partial charge in [-0.05, 0) is 42.9 Å². The van der Waals surface area contributed by atoms with E-state index in [2.05, 4.69) is 28.9 Å². The van der Waals surface area contributed by atoms with E-state index >= 15 is 0 Å². The maximum atomic E-state index is 6.17. The summed E-state index contributed by atoms with van der Waals surface area (Å²) in [6.45, 7) is 0.871. The average Bonchev–Trinajstić information content (AvgIpc) is 3.01. The van der Waals surface area contributed by atoms with Gasteiger partial charge in [-0.2, -0.15) is 0 Å². The van der Waals surface area contributed by atoms with Gasteiger partial charge in [-0.15, -0.1) is 11.8 Å². The SMILES string of the molecule is Clc1ccc2c(c1)[C@H]1OCCC[C@H]1[C@H](C1CC=CS1)N2. The van der Waals surface area contributed by atoms with Gasteiger partial charge in [0.05, 0.1) is 6.10 Å². The van der Waals surface area contributed by atoms with Gasteiger partial charge in [-0.1, -0.05) is 17.7 Å². The smallest absolute Gasteiger partial charge is 0.0893 e. The number of fused-ring (bicyclic) bond motifs is 3. The summed E-state index contributed by atoms with van der Waals surface area (Å²) in [5, 5.41) is 7.44. The van der Waals surface area contributed by atoms with Crippen molar-refractivity contribution in [2.45, 2.75) is 36.7 Å². The molecule has 1 unspecified atom stereocenters. The van der Waals surface area contributed by atoms with Gasteiger partial charge in [0.25, 0.3) is 0 Å². The van der Waals surface area contributed by atoms with E-state index in [0.717, 1.165) is 18.1 Å². The van der Waals surface area contributed by atoms with Gasteiger partial charge >= 0.3 is 0 Å². The summed E-state index contributed by atoms with van der Waals surface area (Å²) < 4.78 is 6.12. The summed E-state index contributed by atoms with van der Waals surface area (Å²) in [7, 11) is 0. The maximum Gasteiger partial charge on any atom is 0.0893 e. The Kier molecular flexibility index (Phi) is 3.45. The number of thioether (sulfide) groups is 1. The van der Waals surface area contributed by atoms with E-state index in [1.54, 1.807) is 0 Å². The van der Waals surface area contributed by atoms with Crippen LogP contribution >= 0.6 is 23.4 Å². The normalized spacial score (nSPS) is 35.2. The molecule has 0 saturated carbocycles. The third-order valence-electron chi connectivity index (χ3n) is 4.59.